The van der Waals surface area contributed by atoms with E-state index in [2.05, 4.69) is 74.9 Å². The fraction of sp³-hybridized carbons (Fsp3) is 0.0370. The molecule has 0 amide bonds. The first-order chi connectivity index (χ1) is 15.7. The van der Waals surface area contributed by atoms with Gasteiger partial charge in [0, 0.05) is 40.4 Å². The molecule has 0 spiro atoms. The van der Waals surface area contributed by atoms with Gasteiger partial charge in [-0.05, 0) is 84.5 Å². The number of H-pyrrole nitrogens is 2. The van der Waals surface area contributed by atoms with E-state index in [9.17, 15) is 0 Å². The summed E-state index contributed by atoms with van der Waals surface area (Å²) in [6.07, 6.45) is 8.10. The third-order valence-electron chi connectivity index (χ3n) is 5.65. The molecule has 5 heteroatoms. The minimum atomic E-state index is 0.897. The second kappa shape index (κ2) is 7.39. The molecule has 154 valence electrons. The van der Waals surface area contributed by atoms with Gasteiger partial charge < -0.3 is 15.3 Å². The van der Waals surface area contributed by atoms with Crippen molar-refractivity contribution >= 4 is 52.1 Å². The van der Waals surface area contributed by atoms with Crippen LogP contribution >= 0.6 is 0 Å². The Bertz CT molecular complexity index is 1550. The summed E-state index contributed by atoms with van der Waals surface area (Å²) in [7, 11) is 1.93. The maximum absolute atomic E-state index is 4.77. The smallest absolute Gasteiger partial charge is 0.0659 e. The lowest BCUT2D eigenvalue weighted by Crippen LogP contribution is -1.86. The van der Waals surface area contributed by atoms with Crippen molar-refractivity contribution in [3.63, 3.8) is 0 Å². The van der Waals surface area contributed by atoms with Crippen LogP contribution in [0, 0.1) is 0 Å². The number of benzene rings is 1. The largest absolute Gasteiger partial charge is 0.388 e. The minimum absolute atomic E-state index is 0.897. The van der Waals surface area contributed by atoms with Gasteiger partial charge >= 0.3 is 0 Å². The van der Waals surface area contributed by atoms with E-state index >= 15 is 0 Å². The number of fused-ring (bicyclic) bond motifs is 8. The van der Waals surface area contributed by atoms with E-state index in [0.29, 0.717) is 0 Å². The van der Waals surface area contributed by atoms with Crippen molar-refractivity contribution in [2.45, 2.75) is 0 Å². The minimum Gasteiger partial charge on any atom is -0.388 e. The predicted octanol–water partition coefficient (Wildman–Crippen LogP) is 6.36. The molecule has 1 aromatic carbocycles. The first kappa shape index (κ1) is 18.4. The van der Waals surface area contributed by atoms with Crippen LogP contribution < -0.4 is 5.32 Å². The Labute approximate surface area is 185 Å². The zero-order valence-corrected chi connectivity index (χ0v) is 17.6. The molecule has 2 aliphatic rings. The molecule has 0 fully saturated rings. The van der Waals surface area contributed by atoms with Gasteiger partial charge in [-0.2, -0.15) is 0 Å². The Kier molecular flexibility index (Phi) is 4.25. The first-order valence-electron chi connectivity index (χ1n) is 10.6. The van der Waals surface area contributed by atoms with Gasteiger partial charge in [0.15, 0.2) is 0 Å². The fourth-order valence-electron chi connectivity index (χ4n) is 4.07. The van der Waals surface area contributed by atoms with Crippen LogP contribution in [-0.4, -0.2) is 27.0 Å². The zero-order valence-electron chi connectivity index (χ0n) is 17.6. The average Bonchev–Trinajstić information content (AvgIpc) is 3.59. The molecular formula is C27H21N5. The second-order valence-electron chi connectivity index (χ2n) is 7.92. The van der Waals surface area contributed by atoms with Crippen LogP contribution in [0.2, 0.25) is 0 Å². The molecule has 6 rings (SSSR count). The molecule has 0 radical (unpaired) electrons. The molecule has 0 saturated heterocycles. The number of aromatic nitrogens is 4. The number of hydrogen-bond donors (Lipinski definition) is 3. The van der Waals surface area contributed by atoms with E-state index in [1.54, 1.807) is 0 Å². The second-order valence-corrected chi connectivity index (χ2v) is 7.92. The Hall–Kier alpha value is -4.38. The van der Waals surface area contributed by atoms with E-state index in [-0.39, 0.29) is 0 Å². The van der Waals surface area contributed by atoms with Gasteiger partial charge in [0.1, 0.15) is 0 Å². The van der Waals surface area contributed by atoms with Crippen LogP contribution in [0.15, 0.2) is 66.7 Å². The SMILES string of the molecule is CNc1ccc(-c2cc3cc4ccc(cc5nc(cc6nc(cc2[nH]3)C=C6)C=C5)[nH]4)cc1. The highest BCUT2D eigenvalue weighted by Gasteiger charge is 2.07. The van der Waals surface area contributed by atoms with Crippen LogP contribution in [0.1, 0.15) is 22.8 Å². The average molecular weight is 416 g/mol. The molecule has 2 aliphatic heterocycles. The van der Waals surface area contributed by atoms with Crippen LogP contribution in [-0.2, 0) is 0 Å². The van der Waals surface area contributed by atoms with Crippen LogP contribution in [0.3, 0.4) is 0 Å². The van der Waals surface area contributed by atoms with Gasteiger partial charge in [0.2, 0.25) is 0 Å². The molecule has 5 heterocycles. The summed E-state index contributed by atoms with van der Waals surface area (Å²) in [5, 5.41) is 3.18. The molecule has 4 aromatic rings. The zero-order chi connectivity index (χ0) is 21.5. The maximum atomic E-state index is 4.77. The number of aromatic amines is 2. The number of hydrogen-bond acceptors (Lipinski definition) is 3. The van der Waals surface area contributed by atoms with Crippen molar-refractivity contribution in [3.8, 4) is 11.1 Å². The molecule has 0 saturated carbocycles. The Morgan fingerprint density at radius 2 is 1.22 bits per heavy atom. The standard InChI is InChI=1S/C27H21N5/c1-28-18-4-2-17(3-5-18)26-15-25-14-23-9-8-21(30-23)12-19-6-7-20(29-19)13-22-10-11-24(31-22)16-27(26)32-25/h2-16,28,30,32H,1H3. The molecule has 5 nitrogen and oxygen atoms in total. The molecule has 3 N–H and O–H groups in total. The van der Waals surface area contributed by atoms with E-state index in [0.717, 1.165) is 61.7 Å². The van der Waals surface area contributed by atoms with Crippen molar-refractivity contribution < 1.29 is 0 Å². The Balaban J connectivity index is 1.64. The Morgan fingerprint density at radius 3 is 1.91 bits per heavy atom. The number of anilines is 1. The van der Waals surface area contributed by atoms with E-state index in [1.807, 2.05) is 43.5 Å². The van der Waals surface area contributed by atoms with Gasteiger partial charge in [0.05, 0.1) is 22.8 Å². The van der Waals surface area contributed by atoms with Gasteiger partial charge in [-0.15, -0.1) is 0 Å². The maximum Gasteiger partial charge on any atom is 0.0659 e. The molecule has 3 aromatic heterocycles. The number of nitrogens with one attached hydrogen (secondary N) is 3. The van der Waals surface area contributed by atoms with E-state index in [4.69, 9.17) is 4.98 Å². The molecule has 0 atom stereocenters. The monoisotopic (exact) mass is 415 g/mol. The summed E-state index contributed by atoms with van der Waals surface area (Å²) in [4.78, 5) is 16.5. The number of nitrogens with zero attached hydrogens (tertiary/aromatic N) is 2. The fourth-order valence-corrected chi connectivity index (χ4v) is 4.07. The lowest BCUT2D eigenvalue weighted by atomic mass is 10.1. The summed E-state index contributed by atoms with van der Waals surface area (Å²) >= 11 is 0. The predicted molar refractivity (Wildman–Crippen MR) is 134 cm³/mol. The van der Waals surface area contributed by atoms with Crippen LogP contribution in [0.4, 0.5) is 5.69 Å². The lowest BCUT2D eigenvalue weighted by Gasteiger charge is -2.02. The lowest BCUT2D eigenvalue weighted by molar-refractivity contribution is 1.28. The summed E-state index contributed by atoms with van der Waals surface area (Å²) in [5.74, 6) is 0. The molecular weight excluding hydrogens is 394 g/mol. The highest BCUT2D eigenvalue weighted by molar-refractivity contribution is 5.88. The summed E-state index contributed by atoms with van der Waals surface area (Å²) in [6, 6.07) is 23.1. The third kappa shape index (κ3) is 3.50. The topological polar surface area (TPSA) is 69.4 Å². The van der Waals surface area contributed by atoms with Gasteiger partial charge in [0.25, 0.3) is 0 Å². The highest BCUT2D eigenvalue weighted by atomic mass is 14.8. The molecule has 8 bridgehead atoms. The van der Waals surface area contributed by atoms with Crippen molar-refractivity contribution in [3.05, 3.63) is 89.5 Å². The van der Waals surface area contributed by atoms with Gasteiger partial charge in [-0.3, -0.25) is 0 Å². The summed E-state index contributed by atoms with van der Waals surface area (Å²) in [5.41, 5.74) is 11.1. The molecule has 0 unspecified atom stereocenters. The highest BCUT2D eigenvalue weighted by Crippen LogP contribution is 2.28. The van der Waals surface area contributed by atoms with E-state index < -0.39 is 0 Å². The quantitative estimate of drug-likeness (QED) is 0.308. The normalized spacial score (nSPS) is 12.3. The molecule has 0 aliphatic carbocycles. The van der Waals surface area contributed by atoms with E-state index in [1.165, 1.54) is 0 Å². The summed E-state index contributed by atoms with van der Waals surface area (Å²) < 4.78 is 0. The Morgan fingerprint density at radius 1 is 0.594 bits per heavy atom. The number of rotatable bonds is 2. The van der Waals surface area contributed by atoms with Gasteiger partial charge in [-0.1, -0.05) is 12.1 Å². The third-order valence-corrected chi connectivity index (χ3v) is 5.65. The van der Waals surface area contributed by atoms with Crippen molar-refractivity contribution in [1.29, 1.82) is 0 Å². The van der Waals surface area contributed by atoms with Crippen molar-refractivity contribution in [2.75, 3.05) is 12.4 Å². The van der Waals surface area contributed by atoms with Crippen LogP contribution in [0.25, 0.3) is 57.5 Å². The van der Waals surface area contributed by atoms with Crippen LogP contribution in [0.5, 0.6) is 0 Å². The van der Waals surface area contributed by atoms with Gasteiger partial charge in [-0.25, -0.2) is 9.97 Å². The molecule has 32 heavy (non-hydrogen) atoms. The van der Waals surface area contributed by atoms with Crippen molar-refractivity contribution in [2.24, 2.45) is 0 Å². The van der Waals surface area contributed by atoms with Crippen molar-refractivity contribution in [1.82, 2.24) is 19.9 Å². The summed E-state index contributed by atoms with van der Waals surface area (Å²) in [6.45, 7) is 0. The first-order valence-corrected chi connectivity index (χ1v) is 10.6.